The Morgan fingerprint density at radius 2 is 2.10 bits per heavy atom. The van der Waals surface area contributed by atoms with Crippen LogP contribution in [0.15, 0.2) is 30.3 Å². The lowest BCUT2D eigenvalue weighted by Crippen LogP contribution is -2.52. The summed E-state index contributed by atoms with van der Waals surface area (Å²) in [6, 6.07) is 10.4. The largest absolute Gasteiger partial charge is 0.447 e. The van der Waals surface area contributed by atoms with Gasteiger partial charge in [0.15, 0.2) is 0 Å². The number of carbonyl (C=O) groups is 1. The number of hydrogen-bond donors (Lipinski definition) is 0. The molecule has 3 rings (SSSR count). The second-order valence-electron chi connectivity index (χ2n) is 5.26. The third-order valence-corrected chi connectivity index (χ3v) is 3.86. The predicted molar refractivity (Wildman–Crippen MR) is 74.4 cm³/mol. The Morgan fingerprint density at radius 1 is 1.25 bits per heavy atom. The topological polar surface area (TPSA) is 42.0 Å². The van der Waals surface area contributed by atoms with Gasteiger partial charge < -0.3 is 9.47 Å². The van der Waals surface area contributed by atoms with E-state index in [2.05, 4.69) is 17.0 Å². The first-order chi connectivity index (χ1) is 9.83. The Bertz CT molecular complexity index is 452. The van der Waals surface area contributed by atoms with Crippen LogP contribution in [0, 0.1) is 0 Å². The molecule has 0 N–H and O–H groups in total. The molecule has 5 heteroatoms. The minimum Gasteiger partial charge on any atom is -0.447 e. The molecule has 1 aromatic rings. The first-order valence-electron chi connectivity index (χ1n) is 7.10. The highest BCUT2D eigenvalue weighted by Crippen LogP contribution is 2.17. The standard InChI is InChI=1S/C15H20N2O3/c18-15-17-7-6-16(10-14(17)12-20-15)8-9-19-11-13-4-2-1-3-5-13/h1-5,14H,6-12H2. The number of hydrogen-bond acceptors (Lipinski definition) is 4. The van der Waals surface area contributed by atoms with Crippen molar-refractivity contribution in [2.75, 3.05) is 39.4 Å². The molecule has 5 nitrogen and oxygen atoms in total. The molecule has 1 aromatic carbocycles. The fraction of sp³-hybridized carbons (Fsp3) is 0.533. The third kappa shape index (κ3) is 3.11. The predicted octanol–water partition coefficient (Wildman–Crippen LogP) is 1.34. The van der Waals surface area contributed by atoms with Crippen LogP contribution in [0.3, 0.4) is 0 Å². The lowest BCUT2D eigenvalue weighted by molar-refractivity contribution is 0.0651. The van der Waals surface area contributed by atoms with Gasteiger partial charge in [-0.1, -0.05) is 30.3 Å². The van der Waals surface area contributed by atoms with E-state index in [4.69, 9.17) is 9.47 Å². The van der Waals surface area contributed by atoms with Crippen molar-refractivity contribution in [2.24, 2.45) is 0 Å². The Hall–Kier alpha value is -1.59. The van der Waals surface area contributed by atoms with Crippen molar-refractivity contribution >= 4 is 6.09 Å². The zero-order valence-electron chi connectivity index (χ0n) is 11.5. The van der Waals surface area contributed by atoms with Gasteiger partial charge in [0, 0.05) is 26.2 Å². The molecule has 2 saturated heterocycles. The normalized spacial score (nSPS) is 22.7. The second-order valence-corrected chi connectivity index (χ2v) is 5.26. The number of amides is 1. The van der Waals surface area contributed by atoms with Gasteiger partial charge in [-0.15, -0.1) is 0 Å². The van der Waals surface area contributed by atoms with E-state index in [1.54, 1.807) is 0 Å². The molecule has 2 aliphatic rings. The molecule has 20 heavy (non-hydrogen) atoms. The van der Waals surface area contributed by atoms with Gasteiger partial charge in [0.25, 0.3) is 0 Å². The van der Waals surface area contributed by atoms with Crippen LogP contribution in [-0.4, -0.2) is 61.3 Å². The van der Waals surface area contributed by atoms with Crippen molar-refractivity contribution in [2.45, 2.75) is 12.6 Å². The highest BCUT2D eigenvalue weighted by molar-refractivity contribution is 5.70. The van der Waals surface area contributed by atoms with Gasteiger partial charge in [-0.2, -0.15) is 0 Å². The van der Waals surface area contributed by atoms with E-state index in [0.29, 0.717) is 13.2 Å². The SMILES string of the molecule is O=C1OCC2CN(CCOCc3ccccc3)CCN12. The fourth-order valence-corrected chi connectivity index (χ4v) is 2.71. The third-order valence-electron chi connectivity index (χ3n) is 3.86. The lowest BCUT2D eigenvalue weighted by atomic mass is 10.2. The summed E-state index contributed by atoms with van der Waals surface area (Å²) >= 11 is 0. The number of rotatable bonds is 5. The van der Waals surface area contributed by atoms with Crippen molar-refractivity contribution < 1.29 is 14.3 Å². The average Bonchev–Trinajstić information content (AvgIpc) is 2.86. The Labute approximate surface area is 119 Å². The maximum absolute atomic E-state index is 11.4. The van der Waals surface area contributed by atoms with Gasteiger partial charge in [-0.3, -0.25) is 9.80 Å². The van der Waals surface area contributed by atoms with Crippen molar-refractivity contribution in [3.05, 3.63) is 35.9 Å². The van der Waals surface area contributed by atoms with Crippen molar-refractivity contribution in [3.8, 4) is 0 Å². The molecule has 108 valence electrons. The van der Waals surface area contributed by atoms with Crippen LogP contribution in [0.4, 0.5) is 4.79 Å². The maximum atomic E-state index is 11.4. The molecule has 1 amide bonds. The number of cyclic esters (lactones) is 1. The van der Waals surface area contributed by atoms with Crippen molar-refractivity contribution in [3.63, 3.8) is 0 Å². The molecule has 0 saturated carbocycles. The first-order valence-corrected chi connectivity index (χ1v) is 7.10. The van der Waals surface area contributed by atoms with Gasteiger partial charge in [0.1, 0.15) is 6.61 Å². The number of ether oxygens (including phenoxy) is 2. The molecule has 2 heterocycles. The Morgan fingerprint density at radius 3 is 2.95 bits per heavy atom. The van der Waals surface area contributed by atoms with Crippen LogP contribution in [0.2, 0.25) is 0 Å². The first kappa shape index (κ1) is 13.4. The van der Waals surface area contributed by atoms with Crippen molar-refractivity contribution in [1.82, 2.24) is 9.80 Å². The summed E-state index contributed by atoms with van der Waals surface area (Å²) < 4.78 is 10.8. The molecule has 0 bridgehead atoms. The lowest BCUT2D eigenvalue weighted by Gasteiger charge is -2.35. The Kier molecular flexibility index (Phi) is 4.18. The summed E-state index contributed by atoms with van der Waals surface area (Å²) in [5.74, 6) is 0. The zero-order valence-corrected chi connectivity index (χ0v) is 11.5. The van der Waals surface area contributed by atoms with Crippen LogP contribution in [0.25, 0.3) is 0 Å². The average molecular weight is 276 g/mol. The highest BCUT2D eigenvalue weighted by Gasteiger charge is 2.36. The summed E-state index contributed by atoms with van der Waals surface area (Å²) in [4.78, 5) is 15.6. The zero-order chi connectivity index (χ0) is 13.8. The van der Waals surface area contributed by atoms with Crippen LogP contribution < -0.4 is 0 Å². The Balaban J connectivity index is 1.36. The molecular formula is C15H20N2O3. The minimum atomic E-state index is -0.157. The molecule has 2 fully saturated rings. The van der Waals surface area contributed by atoms with Gasteiger partial charge >= 0.3 is 6.09 Å². The molecule has 0 radical (unpaired) electrons. The summed E-state index contributed by atoms with van der Waals surface area (Å²) in [5, 5.41) is 0. The highest BCUT2D eigenvalue weighted by atomic mass is 16.6. The van der Waals surface area contributed by atoms with Crippen LogP contribution in [0.1, 0.15) is 5.56 Å². The number of piperazine rings is 1. The summed E-state index contributed by atoms with van der Waals surface area (Å²) in [5.41, 5.74) is 1.20. The van der Waals surface area contributed by atoms with Crippen LogP contribution in [0.5, 0.6) is 0 Å². The molecule has 1 unspecified atom stereocenters. The van der Waals surface area contributed by atoms with Gasteiger partial charge in [-0.25, -0.2) is 4.79 Å². The van der Waals surface area contributed by atoms with E-state index in [0.717, 1.165) is 32.8 Å². The quantitative estimate of drug-likeness (QED) is 0.761. The molecule has 1 atom stereocenters. The number of nitrogens with zero attached hydrogens (tertiary/aromatic N) is 2. The van der Waals surface area contributed by atoms with Gasteiger partial charge in [0.2, 0.25) is 0 Å². The van der Waals surface area contributed by atoms with E-state index < -0.39 is 0 Å². The fourth-order valence-electron chi connectivity index (χ4n) is 2.71. The van der Waals surface area contributed by atoms with Gasteiger partial charge in [0.05, 0.1) is 19.3 Å². The van der Waals surface area contributed by atoms with E-state index in [1.165, 1.54) is 5.56 Å². The summed E-state index contributed by atoms with van der Waals surface area (Å²) in [6.45, 7) is 5.37. The molecule has 0 aliphatic carbocycles. The van der Waals surface area contributed by atoms with Crippen LogP contribution >= 0.6 is 0 Å². The van der Waals surface area contributed by atoms with E-state index in [1.807, 2.05) is 23.1 Å². The van der Waals surface area contributed by atoms with E-state index in [9.17, 15) is 4.79 Å². The van der Waals surface area contributed by atoms with E-state index >= 15 is 0 Å². The number of benzene rings is 1. The molecule has 0 aromatic heterocycles. The summed E-state index contributed by atoms with van der Waals surface area (Å²) in [6.07, 6.45) is -0.157. The second kappa shape index (κ2) is 6.24. The van der Waals surface area contributed by atoms with Crippen molar-refractivity contribution in [1.29, 1.82) is 0 Å². The van der Waals surface area contributed by atoms with Crippen LogP contribution in [-0.2, 0) is 16.1 Å². The van der Waals surface area contributed by atoms with E-state index in [-0.39, 0.29) is 12.1 Å². The molecule has 2 aliphatic heterocycles. The minimum absolute atomic E-state index is 0.157. The molecular weight excluding hydrogens is 256 g/mol. The maximum Gasteiger partial charge on any atom is 0.410 e. The number of fused-ring (bicyclic) bond motifs is 1. The molecule has 0 spiro atoms. The smallest absolute Gasteiger partial charge is 0.410 e. The van der Waals surface area contributed by atoms with Gasteiger partial charge in [-0.05, 0) is 5.56 Å². The monoisotopic (exact) mass is 276 g/mol. The summed E-state index contributed by atoms with van der Waals surface area (Å²) in [7, 11) is 0. The number of carbonyl (C=O) groups excluding carboxylic acids is 1.